The van der Waals surface area contributed by atoms with Gasteiger partial charge in [0, 0.05) is 0 Å². The molecule has 0 aliphatic carbocycles. The lowest BCUT2D eigenvalue weighted by atomic mass is 10.0. The van der Waals surface area contributed by atoms with Gasteiger partial charge in [-0.3, -0.25) is 0 Å². The fourth-order valence-electron chi connectivity index (χ4n) is 5.01. The average Bonchev–Trinajstić information content (AvgIpc) is 2.85. The molecular weight excluding hydrogens is 408 g/mol. The van der Waals surface area contributed by atoms with Crippen LogP contribution in [0.3, 0.4) is 0 Å². The molecule has 0 saturated carbocycles. The van der Waals surface area contributed by atoms with Gasteiger partial charge in [0.05, 0.1) is 0 Å². The van der Waals surface area contributed by atoms with Crippen molar-refractivity contribution in [3.8, 4) is 0 Å². The Bertz CT molecular complexity index is 379. The zero-order valence-electron chi connectivity index (χ0n) is 23.9. The van der Waals surface area contributed by atoms with E-state index in [1.54, 1.807) is 0 Å². The first-order valence-electron chi connectivity index (χ1n) is 16.2. The van der Waals surface area contributed by atoms with Crippen LogP contribution in [0.5, 0.6) is 0 Å². The largest absolute Gasteiger partial charge is 0.103 e. The monoisotopic (exact) mass is 475 g/mol. The Balaban J connectivity index is 3.07. The van der Waals surface area contributed by atoms with Crippen molar-refractivity contribution >= 4 is 0 Å². The molecule has 0 aromatic rings. The average molecular weight is 475 g/mol. The van der Waals surface area contributed by atoms with Gasteiger partial charge in [0.2, 0.25) is 0 Å². The number of hydrogen-bond donors (Lipinski definition) is 0. The second-order valence-electron chi connectivity index (χ2n) is 11.0. The predicted molar refractivity (Wildman–Crippen MR) is 159 cm³/mol. The standard InChI is InChI=1S/C34H66/c1-3-5-7-9-11-13-15-17-19-21-23-25-27-29-31-33-34-32-30-28-26-24-22-20-18-16-14-12-10-8-6-4-2/h3,30,32H,1,4-29,31,33-34H2,2H3. The van der Waals surface area contributed by atoms with Gasteiger partial charge < -0.3 is 0 Å². The van der Waals surface area contributed by atoms with E-state index in [4.69, 9.17) is 0 Å². The minimum atomic E-state index is 1.20. The zero-order chi connectivity index (χ0) is 24.6. The number of hydrogen-bond acceptors (Lipinski definition) is 0. The van der Waals surface area contributed by atoms with Gasteiger partial charge in [0.1, 0.15) is 0 Å². The van der Waals surface area contributed by atoms with Gasteiger partial charge in [0.15, 0.2) is 0 Å². The summed E-state index contributed by atoms with van der Waals surface area (Å²) in [5.41, 5.74) is 0. The van der Waals surface area contributed by atoms with Crippen molar-refractivity contribution in [1.29, 1.82) is 0 Å². The Morgan fingerprint density at radius 1 is 0.324 bits per heavy atom. The molecule has 34 heavy (non-hydrogen) atoms. The van der Waals surface area contributed by atoms with Crippen molar-refractivity contribution in [3.63, 3.8) is 0 Å². The highest BCUT2D eigenvalue weighted by Gasteiger charge is 1.95. The van der Waals surface area contributed by atoms with Gasteiger partial charge in [-0.1, -0.05) is 173 Å². The molecule has 0 nitrogen and oxygen atoms in total. The number of allylic oxidation sites excluding steroid dienone is 3. The number of unbranched alkanes of at least 4 members (excludes halogenated alkanes) is 27. The highest BCUT2D eigenvalue weighted by atomic mass is 14.0. The molecule has 0 rings (SSSR count). The molecule has 0 bridgehead atoms. The molecule has 202 valence electrons. The third-order valence-electron chi connectivity index (χ3n) is 7.42. The first kappa shape index (κ1) is 33.5. The van der Waals surface area contributed by atoms with Crippen molar-refractivity contribution in [1.82, 2.24) is 0 Å². The molecule has 0 N–H and O–H groups in total. The summed E-state index contributed by atoms with van der Waals surface area (Å²) in [5.74, 6) is 0. The summed E-state index contributed by atoms with van der Waals surface area (Å²) in [6.45, 7) is 6.10. The Kier molecular flexibility index (Phi) is 32.0. The molecule has 0 atom stereocenters. The third-order valence-corrected chi connectivity index (χ3v) is 7.42. The molecule has 0 heteroatoms. The van der Waals surface area contributed by atoms with E-state index in [1.807, 2.05) is 0 Å². The lowest BCUT2D eigenvalue weighted by Crippen LogP contribution is -1.83. The van der Waals surface area contributed by atoms with Gasteiger partial charge >= 0.3 is 0 Å². The minimum absolute atomic E-state index is 1.20. The van der Waals surface area contributed by atoms with Gasteiger partial charge in [-0.05, 0) is 38.5 Å². The normalized spacial score (nSPS) is 11.6. The van der Waals surface area contributed by atoms with Crippen molar-refractivity contribution in [3.05, 3.63) is 24.8 Å². The lowest BCUT2D eigenvalue weighted by molar-refractivity contribution is 0.534. The summed E-state index contributed by atoms with van der Waals surface area (Å²) in [5, 5.41) is 0. The van der Waals surface area contributed by atoms with Gasteiger partial charge in [-0.15, -0.1) is 6.58 Å². The van der Waals surface area contributed by atoms with Crippen molar-refractivity contribution in [2.45, 2.75) is 193 Å². The molecule has 0 unspecified atom stereocenters. The molecule has 0 aromatic carbocycles. The van der Waals surface area contributed by atoms with Gasteiger partial charge in [-0.2, -0.15) is 0 Å². The smallest absolute Gasteiger partial charge is 0.0351 e. The molecule has 0 heterocycles. The first-order chi connectivity index (χ1) is 16.9. The summed E-state index contributed by atoms with van der Waals surface area (Å²) in [6.07, 6.45) is 48.4. The summed E-state index contributed by atoms with van der Waals surface area (Å²) in [4.78, 5) is 0. The van der Waals surface area contributed by atoms with E-state index >= 15 is 0 Å². The second-order valence-corrected chi connectivity index (χ2v) is 11.0. The highest BCUT2D eigenvalue weighted by Crippen LogP contribution is 2.15. The minimum Gasteiger partial charge on any atom is -0.103 e. The van der Waals surface area contributed by atoms with Crippen LogP contribution in [0.25, 0.3) is 0 Å². The summed E-state index contributed by atoms with van der Waals surface area (Å²) < 4.78 is 0. The first-order valence-corrected chi connectivity index (χ1v) is 16.2. The Labute approximate surface area is 217 Å². The van der Waals surface area contributed by atoms with E-state index < -0.39 is 0 Å². The van der Waals surface area contributed by atoms with Crippen LogP contribution in [0.15, 0.2) is 24.8 Å². The number of rotatable bonds is 30. The molecule has 0 amide bonds. The van der Waals surface area contributed by atoms with Crippen molar-refractivity contribution in [2.24, 2.45) is 0 Å². The molecular formula is C34H66. The summed E-state index contributed by atoms with van der Waals surface area (Å²) in [7, 11) is 0. The maximum absolute atomic E-state index is 3.80. The molecule has 0 radical (unpaired) electrons. The quantitative estimate of drug-likeness (QED) is 0.0717. The fourth-order valence-corrected chi connectivity index (χ4v) is 5.01. The van der Waals surface area contributed by atoms with Crippen LogP contribution in [0.4, 0.5) is 0 Å². The van der Waals surface area contributed by atoms with Gasteiger partial charge in [-0.25, -0.2) is 0 Å². The van der Waals surface area contributed by atoms with Crippen molar-refractivity contribution < 1.29 is 0 Å². The Morgan fingerprint density at radius 2 is 0.559 bits per heavy atom. The van der Waals surface area contributed by atoms with Crippen LogP contribution < -0.4 is 0 Å². The van der Waals surface area contributed by atoms with E-state index in [1.165, 1.54) is 186 Å². The predicted octanol–water partition coefficient (Wildman–Crippen LogP) is 13.1. The Hall–Kier alpha value is -0.520. The summed E-state index contributed by atoms with van der Waals surface area (Å²) >= 11 is 0. The van der Waals surface area contributed by atoms with E-state index in [-0.39, 0.29) is 0 Å². The van der Waals surface area contributed by atoms with Crippen LogP contribution in [0, 0.1) is 0 Å². The molecule has 0 saturated heterocycles. The van der Waals surface area contributed by atoms with E-state index in [0.29, 0.717) is 0 Å². The maximum Gasteiger partial charge on any atom is -0.0351 e. The van der Waals surface area contributed by atoms with Gasteiger partial charge in [0.25, 0.3) is 0 Å². The fraction of sp³-hybridized carbons (Fsp3) is 0.882. The Morgan fingerprint density at radius 3 is 0.824 bits per heavy atom. The molecule has 0 aromatic heterocycles. The molecule has 0 fully saturated rings. The lowest BCUT2D eigenvalue weighted by Gasteiger charge is -2.03. The SMILES string of the molecule is C=CCCCCCCCCCCCCCCCCC=CCCCCCCCCCCCCCC. The molecule has 0 spiro atoms. The third kappa shape index (κ3) is 31.5. The van der Waals surface area contributed by atoms with E-state index in [2.05, 4.69) is 31.7 Å². The van der Waals surface area contributed by atoms with Crippen LogP contribution >= 0.6 is 0 Å². The van der Waals surface area contributed by atoms with Crippen molar-refractivity contribution in [2.75, 3.05) is 0 Å². The zero-order valence-corrected chi connectivity index (χ0v) is 23.9. The topological polar surface area (TPSA) is 0 Å². The maximum atomic E-state index is 3.80. The molecule has 0 aliphatic heterocycles. The van der Waals surface area contributed by atoms with E-state index in [9.17, 15) is 0 Å². The van der Waals surface area contributed by atoms with Crippen LogP contribution in [-0.4, -0.2) is 0 Å². The van der Waals surface area contributed by atoms with Crippen LogP contribution in [0.2, 0.25) is 0 Å². The second kappa shape index (κ2) is 32.5. The van der Waals surface area contributed by atoms with Crippen LogP contribution in [-0.2, 0) is 0 Å². The van der Waals surface area contributed by atoms with Crippen LogP contribution in [0.1, 0.15) is 193 Å². The molecule has 0 aliphatic rings. The highest BCUT2D eigenvalue weighted by molar-refractivity contribution is 4.81. The summed E-state index contributed by atoms with van der Waals surface area (Å²) in [6, 6.07) is 0. The van der Waals surface area contributed by atoms with E-state index in [0.717, 1.165) is 0 Å².